The van der Waals surface area contributed by atoms with E-state index in [9.17, 15) is 8.78 Å². The van der Waals surface area contributed by atoms with Crippen molar-refractivity contribution in [2.45, 2.75) is 6.92 Å². The second-order valence-electron chi connectivity index (χ2n) is 5.08. The molecule has 2 aromatic heterocycles. The van der Waals surface area contributed by atoms with Crippen LogP contribution in [0.1, 0.15) is 5.56 Å². The molecule has 0 amide bonds. The number of rotatable bonds is 4. The van der Waals surface area contributed by atoms with Crippen molar-refractivity contribution in [1.29, 1.82) is 0 Å². The van der Waals surface area contributed by atoms with Gasteiger partial charge in [0, 0.05) is 12.3 Å². The fraction of sp³-hybridized carbons (Fsp3) is 0.0625. The van der Waals surface area contributed by atoms with Crippen molar-refractivity contribution in [1.82, 2.24) is 15.0 Å². The molecule has 0 spiro atoms. The van der Waals surface area contributed by atoms with Crippen LogP contribution in [0.15, 0.2) is 42.9 Å². The average Bonchev–Trinajstić information content (AvgIpc) is 2.54. The average molecular weight is 328 g/mol. The summed E-state index contributed by atoms with van der Waals surface area (Å²) in [5.41, 5.74) is 7.28. The Bertz CT molecular complexity index is 884. The molecule has 3 rings (SSSR count). The van der Waals surface area contributed by atoms with E-state index in [2.05, 4.69) is 25.6 Å². The molecule has 0 aliphatic heterocycles. The normalized spacial score (nSPS) is 10.5. The van der Waals surface area contributed by atoms with Crippen LogP contribution in [0.4, 0.5) is 37.6 Å². The van der Waals surface area contributed by atoms with Gasteiger partial charge < -0.3 is 16.4 Å². The van der Waals surface area contributed by atoms with Gasteiger partial charge >= 0.3 is 0 Å². The van der Waals surface area contributed by atoms with Gasteiger partial charge in [-0.05, 0) is 36.8 Å². The van der Waals surface area contributed by atoms with E-state index in [4.69, 9.17) is 5.73 Å². The molecule has 0 unspecified atom stereocenters. The summed E-state index contributed by atoms with van der Waals surface area (Å²) in [4.78, 5) is 12.2. The molecule has 0 fully saturated rings. The summed E-state index contributed by atoms with van der Waals surface area (Å²) in [6, 6.07) is 6.86. The number of nitrogens with two attached hydrogens (primary N) is 1. The highest BCUT2D eigenvalue weighted by atomic mass is 19.1. The number of benzene rings is 1. The second kappa shape index (κ2) is 6.45. The Balaban J connectivity index is 1.88. The number of nitrogen functional groups attached to an aromatic ring is 1. The molecule has 0 saturated heterocycles. The molecule has 2 heterocycles. The molecule has 0 aliphatic carbocycles. The lowest BCUT2D eigenvalue weighted by Gasteiger charge is -2.12. The van der Waals surface area contributed by atoms with Crippen molar-refractivity contribution in [3.05, 3.63) is 60.1 Å². The van der Waals surface area contributed by atoms with Crippen molar-refractivity contribution in [3.63, 3.8) is 0 Å². The highest BCUT2D eigenvalue weighted by Crippen LogP contribution is 2.28. The van der Waals surface area contributed by atoms with Gasteiger partial charge in [-0.15, -0.1) is 0 Å². The number of nitrogens with zero attached hydrogens (tertiary/aromatic N) is 3. The topological polar surface area (TPSA) is 88.8 Å². The number of nitrogens with one attached hydrogen (secondary N) is 2. The first-order valence-corrected chi connectivity index (χ1v) is 7.05. The minimum absolute atomic E-state index is 0.0569. The summed E-state index contributed by atoms with van der Waals surface area (Å²) >= 11 is 0. The van der Waals surface area contributed by atoms with Crippen LogP contribution < -0.4 is 16.4 Å². The largest absolute Gasteiger partial charge is 0.393 e. The zero-order chi connectivity index (χ0) is 17.1. The first kappa shape index (κ1) is 15.6. The third-order valence-corrected chi connectivity index (χ3v) is 3.23. The van der Waals surface area contributed by atoms with Gasteiger partial charge in [-0.1, -0.05) is 0 Å². The SMILES string of the molecule is Cc1ccnc(Nc2ncnc(Nc3ccc(F)cc3F)c2N)c1. The summed E-state index contributed by atoms with van der Waals surface area (Å²) in [6.07, 6.45) is 2.93. The maximum Gasteiger partial charge on any atom is 0.160 e. The van der Waals surface area contributed by atoms with Gasteiger partial charge in [0.15, 0.2) is 11.6 Å². The molecule has 6 nitrogen and oxygen atoms in total. The maximum atomic E-state index is 13.7. The standard InChI is InChI=1S/C16H14F2N6/c1-9-4-5-20-13(6-9)24-16-14(19)15(21-8-22-16)23-12-3-2-10(17)7-11(12)18/h2-8H,19H2,1H3,(H2,20,21,22,23,24). The van der Waals surface area contributed by atoms with Gasteiger partial charge in [0.05, 0.1) is 5.69 Å². The fourth-order valence-electron chi connectivity index (χ4n) is 2.04. The molecule has 4 N–H and O–H groups in total. The van der Waals surface area contributed by atoms with Crippen LogP contribution in [-0.2, 0) is 0 Å². The van der Waals surface area contributed by atoms with Crippen LogP contribution in [-0.4, -0.2) is 15.0 Å². The maximum absolute atomic E-state index is 13.7. The minimum atomic E-state index is -0.747. The summed E-state index contributed by atoms with van der Waals surface area (Å²) < 4.78 is 26.7. The van der Waals surface area contributed by atoms with E-state index in [0.717, 1.165) is 17.7 Å². The van der Waals surface area contributed by atoms with Crippen molar-refractivity contribution < 1.29 is 8.78 Å². The Morgan fingerprint density at radius 1 is 0.958 bits per heavy atom. The van der Waals surface area contributed by atoms with Crippen LogP contribution in [0, 0.1) is 18.6 Å². The quantitative estimate of drug-likeness (QED) is 0.679. The first-order valence-electron chi connectivity index (χ1n) is 7.05. The van der Waals surface area contributed by atoms with E-state index in [-0.39, 0.29) is 17.2 Å². The molecule has 0 atom stereocenters. The molecule has 1 aromatic carbocycles. The van der Waals surface area contributed by atoms with E-state index < -0.39 is 11.6 Å². The molecule has 0 saturated carbocycles. The van der Waals surface area contributed by atoms with Gasteiger partial charge in [-0.3, -0.25) is 0 Å². The van der Waals surface area contributed by atoms with Gasteiger partial charge in [0.25, 0.3) is 0 Å². The van der Waals surface area contributed by atoms with Crippen LogP contribution in [0.2, 0.25) is 0 Å². The monoisotopic (exact) mass is 328 g/mol. The Hall–Kier alpha value is -3.29. The predicted octanol–water partition coefficient (Wildman–Crippen LogP) is 3.53. The van der Waals surface area contributed by atoms with E-state index in [1.54, 1.807) is 6.20 Å². The highest BCUT2D eigenvalue weighted by molar-refractivity contribution is 5.79. The summed E-state index contributed by atoms with van der Waals surface area (Å²) in [5.74, 6) is -0.317. The summed E-state index contributed by atoms with van der Waals surface area (Å²) in [7, 11) is 0. The van der Waals surface area contributed by atoms with Gasteiger partial charge in [-0.25, -0.2) is 23.7 Å². The first-order chi connectivity index (χ1) is 11.5. The number of anilines is 5. The Labute approximate surface area is 136 Å². The summed E-state index contributed by atoms with van der Waals surface area (Å²) in [5, 5.41) is 5.71. The third kappa shape index (κ3) is 3.37. The molecule has 0 radical (unpaired) electrons. The summed E-state index contributed by atoms with van der Waals surface area (Å²) in [6.45, 7) is 1.93. The van der Waals surface area contributed by atoms with Crippen LogP contribution in [0.3, 0.4) is 0 Å². The van der Waals surface area contributed by atoms with Crippen molar-refractivity contribution in [2.75, 3.05) is 16.4 Å². The zero-order valence-corrected chi connectivity index (χ0v) is 12.7. The number of aromatic nitrogens is 3. The number of aryl methyl sites for hydroxylation is 1. The van der Waals surface area contributed by atoms with Crippen LogP contribution in [0.25, 0.3) is 0 Å². The van der Waals surface area contributed by atoms with Gasteiger partial charge in [-0.2, -0.15) is 0 Å². The number of halogens is 2. The zero-order valence-electron chi connectivity index (χ0n) is 12.7. The molecule has 0 bridgehead atoms. The van der Waals surface area contributed by atoms with E-state index in [0.29, 0.717) is 11.6 Å². The Morgan fingerprint density at radius 2 is 1.71 bits per heavy atom. The van der Waals surface area contributed by atoms with E-state index in [1.165, 1.54) is 12.4 Å². The third-order valence-electron chi connectivity index (χ3n) is 3.23. The molecule has 3 aromatic rings. The molecular formula is C16H14F2N6. The Morgan fingerprint density at radius 3 is 2.42 bits per heavy atom. The Kier molecular flexibility index (Phi) is 4.19. The minimum Gasteiger partial charge on any atom is -0.393 e. The molecule has 0 aliphatic rings. The van der Waals surface area contributed by atoms with Gasteiger partial charge in [0.2, 0.25) is 0 Å². The van der Waals surface area contributed by atoms with Crippen molar-refractivity contribution in [3.8, 4) is 0 Å². The molecule has 24 heavy (non-hydrogen) atoms. The van der Waals surface area contributed by atoms with Gasteiger partial charge in [0.1, 0.15) is 29.5 Å². The molecule has 8 heteroatoms. The van der Waals surface area contributed by atoms with Crippen LogP contribution >= 0.6 is 0 Å². The number of hydrogen-bond acceptors (Lipinski definition) is 6. The predicted molar refractivity (Wildman–Crippen MR) is 88.3 cm³/mol. The number of hydrogen-bond donors (Lipinski definition) is 3. The fourth-order valence-corrected chi connectivity index (χ4v) is 2.04. The van der Waals surface area contributed by atoms with Crippen molar-refractivity contribution >= 4 is 28.8 Å². The van der Waals surface area contributed by atoms with E-state index in [1.807, 2.05) is 19.1 Å². The van der Waals surface area contributed by atoms with Crippen LogP contribution in [0.5, 0.6) is 0 Å². The molecule has 122 valence electrons. The highest BCUT2D eigenvalue weighted by Gasteiger charge is 2.11. The smallest absolute Gasteiger partial charge is 0.160 e. The van der Waals surface area contributed by atoms with E-state index >= 15 is 0 Å². The van der Waals surface area contributed by atoms with Crippen molar-refractivity contribution in [2.24, 2.45) is 0 Å². The lowest BCUT2D eigenvalue weighted by Crippen LogP contribution is -2.06. The lowest BCUT2D eigenvalue weighted by molar-refractivity contribution is 0.586. The second-order valence-corrected chi connectivity index (χ2v) is 5.08. The number of pyridine rings is 1. The molecular weight excluding hydrogens is 314 g/mol. The lowest BCUT2D eigenvalue weighted by atomic mass is 10.3.